The van der Waals surface area contributed by atoms with Crippen LogP contribution in [0, 0.1) is 5.92 Å². The summed E-state index contributed by atoms with van der Waals surface area (Å²) in [4.78, 5) is 16.0. The lowest BCUT2D eigenvalue weighted by atomic mass is 10.1. The number of carbonyl (C=O) groups is 1. The Morgan fingerprint density at radius 3 is 2.45 bits per heavy atom. The van der Waals surface area contributed by atoms with E-state index in [0.29, 0.717) is 12.5 Å². The van der Waals surface area contributed by atoms with Gasteiger partial charge in [-0.25, -0.2) is 0 Å². The predicted octanol–water partition coefficient (Wildman–Crippen LogP) is 3.93. The van der Waals surface area contributed by atoms with E-state index in [1.807, 2.05) is 32.3 Å². The Kier molecular flexibility index (Phi) is 6.92. The molecule has 0 aromatic heterocycles. The molecule has 3 nitrogen and oxygen atoms in total. The van der Waals surface area contributed by atoms with Crippen molar-refractivity contribution in [1.82, 2.24) is 4.90 Å². The van der Waals surface area contributed by atoms with Gasteiger partial charge in [-0.15, -0.1) is 0 Å². The van der Waals surface area contributed by atoms with Crippen molar-refractivity contribution in [3.8, 4) is 0 Å². The molecule has 0 saturated heterocycles. The second-order valence-electron chi connectivity index (χ2n) is 5.12. The molecule has 1 unspecified atom stereocenters. The second kappa shape index (κ2) is 7.96. The highest BCUT2D eigenvalue weighted by Gasteiger charge is 2.17. The summed E-state index contributed by atoms with van der Waals surface area (Å²) in [7, 11) is 4.07. The fourth-order valence-electron chi connectivity index (χ4n) is 2.08. The maximum atomic E-state index is 12.1. The summed E-state index contributed by atoms with van der Waals surface area (Å²) in [5.41, 5.74) is 0.871. The molecule has 1 rings (SSSR count). The highest BCUT2D eigenvalue weighted by Crippen LogP contribution is 2.28. The zero-order valence-corrected chi connectivity index (χ0v) is 15.2. The number of rotatable bonds is 6. The molecule has 0 fully saturated rings. The minimum absolute atomic E-state index is 0.0789. The maximum absolute atomic E-state index is 12.1. The van der Waals surface area contributed by atoms with E-state index in [1.165, 1.54) is 6.08 Å². The summed E-state index contributed by atoms with van der Waals surface area (Å²) in [6.07, 6.45) is 1.36. The van der Waals surface area contributed by atoms with Gasteiger partial charge in [-0.05, 0) is 76.1 Å². The van der Waals surface area contributed by atoms with Crippen molar-refractivity contribution in [3.63, 3.8) is 0 Å². The first-order valence-corrected chi connectivity index (χ1v) is 7.97. The lowest BCUT2D eigenvalue weighted by molar-refractivity contribution is -0.114. The molecule has 0 radical (unpaired) electrons. The molecular weight excluding hydrogens is 384 g/mol. The molecule has 1 atom stereocenters. The molecule has 0 aliphatic rings. The third-order valence-corrected chi connectivity index (χ3v) is 4.71. The number of carbonyl (C=O) groups excluding carboxylic acids is 1. The van der Waals surface area contributed by atoms with Crippen LogP contribution in [0.1, 0.15) is 6.92 Å². The van der Waals surface area contributed by atoms with E-state index in [1.54, 1.807) is 4.90 Å². The zero-order chi connectivity index (χ0) is 15.3. The molecule has 0 aliphatic carbocycles. The third kappa shape index (κ3) is 5.04. The van der Waals surface area contributed by atoms with Gasteiger partial charge in [-0.1, -0.05) is 13.5 Å². The summed E-state index contributed by atoms with van der Waals surface area (Å²) in [6.45, 7) is 7.32. The largest absolute Gasteiger partial charge is 0.309 e. The maximum Gasteiger partial charge on any atom is 0.250 e. The Balaban J connectivity index is 2.97. The van der Waals surface area contributed by atoms with Crippen LogP contribution in [0.3, 0.4) is 0 Å². The number of benzene rings is 1. The van der Waals surface area contributed by atoms with Crippen LogP contribution in [-0.4, -0.2) is 38.0 Å². The van der Waals surface area contributed by atoms with Gasteiger partial charge >= 0.3 is 0 Å². The summed E-state index contributed by atoms with van der Waals surface area (Å²) in [5.74, 6) is 0.293. The minimum Gasteiger partial charge on any atom is -0.309 e. The number of hydrogen-bond acceptors (Lipinski definition) is 2. The summed E-state index contributed by atoms with van der Waals surface area (Å²) < 4.78 is 1.89. The fourth-order valence-corrected chi connectivity index (χ4v) is 2.69. The highest BCUT2D eigenvalue weighted by atomic mass is 79.9. The van der Waals surface area contributed by atoms with Crippen molar-refractivity contribution < 1.29 is 4.79 Å². The van der Waals surface area contributed by atoms with E-state index in [2.05, 4.69) is 50.3 Å². The van der Waals surface area contributed by atoms with Crippen LogP contribution in [0.25, 0.3) is 0 Å². The number of nitrogens with zero attached hydrogens (tertiary/aromatic N) is 2. The van der Waals surface area contributed by atoms with Gasteiger partial charge in [-0.2, -0.15) is 0 Å². The quantitative estimate of drug-likeness (QED) is 0.672. The van der Waals surface area contributed by atoms with Gasteiger partial charge in [-0.3, -0.25) is 4.79 Å². The average molecular weight is 404 g/mol. The summed E-state index contributed by atoms with van der Waals surface area (Å²) in [6, 6.07) is 5.80. The van der Waals surface area contributed by atoms with Crippen LogP contribution in [0.15, 0.2) is 39.8 Å². The molecule has 0 N–H and O–H groups in total. The van der Waals surface area contributed by atoms with Crippen LogP contribution in [-0.2, 0) is 4.79 Å². The molecule has 110 valence electrons. The van der Waals surface area contributed by atoms with E-state index in [4.69, 9.17) is 0 Å². The van der Waals surface area contributed by atoms with Crippen molar-refractivity contribution >= 4 is 43.5 Å². The van der Waals surface area contributed by atoms with E-state index >= 15 is 0 Å². The monoisotopic (exact) mass is 402 g/mol. The number of hydrogen-bond donors (Lipinski definition) is 0. The van der Waals surface area contributed by atoms with Gasteiger partial charge in [0.1, 0.15) is 0 Å². The van der Waals surface area contributed by atoms with Gasteiger partial charge in [0.25, 0.3) is 0 Å². The van der Waals surface area contributed by atoms with Gasteiger partial charge in [0.2, 0.25) is 5.91 Å². The predicted molar refractivity (Wildman–Crippen MR) is 92.1 cm³/mol. The molecule has 0 saturated carbocycles. The Morgan fingerprint density at radius 2 is 1.95 bits per heavy atom. The first-order chi connectivity index (χ1) is 9.35. The van der Waals surface area contributed by atoms with Crippen LogP contribution in [0.2, 0.25) is 0 Å². The van der Waals surface area contributed by atoms with Crippen molar-refractivity contribution in [1.29, 1.82) is 0 Å². The van der Waals surface area contributed by atoms with Gasteiger partial charge in [0.15, 0.2) is 0 Å². The van der Waals surface area contributed by atoms with Gasteiger partial charge in [0.05, 0.1) is 0 Å². The molecule has 0 bridgehead atoms. The second-order valence-corrected chi connectivity index (χ2v) is 6.83. The Labute approximate surface area is 137 Å². The van der Waals surface area contributed by atoms with E-state index in [9.17, 15) is 4.79 Å². The first kappa shape index (κ1) is 17.4. The Morgan fingerprint density at radius 1 is 1.30 bits per heavy atom. The van der Waals surface area contributed by atoms with Crippen LogP contribution >= 0.6 is 31.9 Å². The molecule has 5 heteroatoms. The molecule has 20 heavy (non-hydrogen) atoms. The van der Waals surface area contributed by atoms with Crippen molar-refractivity contribution in [3.05, 3.63) is 39.8 Å². The molecule has 0 spiro atoms. The van der Waals surface area contributed by atoms with Crippen LogP contribution in [0.5, 0.6) is 0 Å². The van der Waals surface area contributed by atoms with Crippen molar-refractivity contribution in [2.24, 2.45) is 5.92 Å². The van der Waals surface area contributed by atoms with E-state index in [-0.39, 0.29) is 5.91 Å². The summed E-state index contributed by atoms with van der Waals surface area (Å²) >= 11 is 6.91. The van der Waals surface area contributed by atoms with Gasteiger partial charge in [0, 0.05) is 27.7 Å². The molecular formula is C15H20Br2N2O. The minimum atomic E-state index is -0.0789. The van der Waals surface area contributed by atoms with Crippen molar-refractivity contribution in [2.75, 3.05) is 32.1 Å². The first-order valence-electron chi connectivity index (χ1n) is 6.38. The molecule has 1 amide bonds. The van der Waals surface area contributed by atoms with Crippen LogP contribution < -0.4 is 4.90 Å². The Bertz CT molecular complexity index is 489. The molecule has 1 aromatic rings. The van der Waals surface area contributed by atoms with Crippen LogP contribution in [0.4, 0.5) is 5.69 Å². The standard InChI is InChI=1S/C15H20Br2N2O/c1-5-15(20)19(10-11(2)9-18(3)4)12-6-7-13(16)14(17)8-12/h5-8,11H,1,9-10H2,2-4H3. The number of amides is 1. The van der Waals surface area contributed by atoms with E-state index in [0.717, 1.165) is 21.2 Å². The lowest BCUT2D eigenvalue weighted by Crippen LogP contribution is -2.36. The number of anilines is 1. The third-order valence-electron chi connectivity index (χ3n) is 2.83. The summed E-state index contributed by atoms with van der Waals surface area (Å²) in [5, 5.41) is 0. The topological polar surface area (TPSA) is 23.6 Å². The highest BCUT2D eigenvalue weighted by molar-refractivity contribution is 9.13. The lowest BCUT2D eigenvalue weighted by Gasteiger charge is -2.27. The molecule has 0 aliphatic heterocycles. The van der Waals surface area contributed by atoms with E-state index < -0.39 is 0 Å². The molecule has 1 aromatic carbocycles. The Hall–Kier alpha value is -0.650. The fraction of sp³-hybridized carbons (Fsp3) is 0.400. The van der Waals surface area contributed by atoms with Gasteiger partial charge < -0.3 is 9.80 Å². The SMILES string of the molecule is C=CC(=O)N(CC(C)CN(C)C)c1ccc(Br)c(Br)c1. The zero-order valence-electron chi connectivity index (χ0n) is 12.1. The average Bonchev–Trinajstić information content (AvgIpc) is 2.37. The number of halogens is 2. The smallest absolute Gasteiger partial charge is 0.250 e. The van der Waals surface area contributed by atoms with Crippen molar-refractivity contribution in [2.45, 2.75) is 6.92 Å². The normalized spacial score (nSPS) is 12.3. The molecule has 0 heterocycles.